The number of benzene rings is 3. The quantitative estimate of drug-likeness (QED) is 0.492. The molecule has 156 valence electrons. The molecule has 4 aromatic rings. The van der Waals surface area contributed by atoms with Gasteiger partial charge in [0, 0.05) is 6.42 Å². The van der Waals surface area contributed by atoms with Crippen molar-refractivity contribution in [1.82, 2.24) is 9.55 Å². The van der Waals surface area contributed by atoms with Gasteiger partial charge < -0.3 is 5.32 Å². The molecule has 5 nitrogen and oxygen atoms in total. The molecule has 6 heteroatoms. The maximum absolute atomic E-state index is 14.4. The molecule has 3 aromatic carbocycles. The fraction of sp³-hybridized carbons (Fsp3) is 0.160. The van der Waals surface area contributed by atoms with Crippen LogP contribution in [0.15, 0.2) is 77.6 Å². The van der Waals surface area contributed by atoms with Crippen LogP contribution in [0.5, 0.6) is 0 Å². The van der Waals surface area contributed by atoms with E-state index in [9.17, 15) is 14.0 Å². The molecular formula is C25H22FN3O2. The highest BCUT2D eigenvalue weighted by Gasteiger charge is 2.13. The Kier molecular flexibility index (Phi) is 5.89. The summed E-state index contributed by atoms with van der Waals surface area (Å²) < 4.78 is 15.8. The fourth-order valence-electron chi connectivity index (χ4n) is 3.61. The maximum Gasteiger partial charge on any atom is 0.265 e. The second-order valence-electron chi connectivity index (χ2n) is 7.37. The molecule has 0 bridgehead atoms. The standard InChI is InChI=1S/C25H22FN3O2/c1-17-27-22-12-6-5-11-20(22)25(31)29(17)19-14-15-21(26)23(16-19)28-24(30)13-7-10-18-8-3-2-4-9-18/h2-6,8-9,11-12,14-16H,7,10,13H2,1H3,(H,28,30). The predicted octanol–water partition coefficient (Wildman–Crippen LogP) is 4.79. The number of aromatic nitrogens is 2. The van der Waals surface area contributed by atoms with E-state index >= 15 is 0 Å². The van der Waals surface area contributed by atoms with Gasteiger partial charge in [0.2, 0.25) is 5.91 Å². The summed E-state index contributed by atoms with van der Waals surface area (Å²) in [5.74, 6) is -0.345. The fourth-order valence-corrected chi connectivity index (χ4v) is 3.61. The molecule has 0 unspecified atom stereocenters. The van der Waals surface area contributed by atoms with Crippen LogP contribution in [0.2, 0.25) is 0 Å². The highest BCUT2D eigenvalue weighted by molar-refractivity contribution is 5.91. The number of hydrogen-bond donors (Lipinski definition) is 1. The van der Waals surface area contributed by atoms with Gasteiger partial charge in [-0.2, -0.15) is 0 Å². The van der Waals surface area contributed by atoms with Crippen molar-refractivity contribution in [1.29, 1.82) is 0 Å². The second kappa shape index (κ2) is 8.92. The summed E-state index contributed by atoms with van der Waals surface area (Å²) in [6.45, 7) is 1.72. The first-order chi connectivity index (χ1) is 15.0. The lowest BCUT2D eigenvalue weighted by atomic mass is 10.1. The van der Waals surface area contributed by atoms with E-state index in [1.165, 1.54) is 22.8 Å². The first kappa shape index (κ1) is 20.5. The molecule has 0 saturated carbocycles. The lowest BCUT2D eigenvalue weighted by molar-refractivity contribution is -0.116. The van der Waals surface area contributed by atoms with Gasteiger partial charge in [0.25, 0.3) is 5.56 Å². The monoisotopic (exact) mass is 415 g/mol. The molecule has 0 saturated heterocycles. The number of halogens is 1. The molecule has 1 amide bonds. The van der Waals surface area contributed by atoms with Gasteiger partial charge in [0.15, 0.2) is 0 Å². The van der Waals surface area contributed by atoms with Crippen molar-refractivity contribution < 1.29 is 9.18 Å². The third-order valence-corrected chi connectivity index (χ3v) is 5.14. The number of anilines is 1. The second-order valence-corrected chi connectivity index (χ2v) is 7.37. The Morgan fingerprint density at radius 2 is 1.77 bits per heavy atom. The largest absolute Gasteiger partial charge is 0.324 e. The van der Waals surface area contributed by atoms with Gasteiger partial charge in [0.05, 0.1) is 22.3 Å². The first-order valence-corrected chi connectivity index (χ1v) is 10.1. The minimum absolute atomic E-state index is 0.0432. The van der Waals surface area contributed by atoms with Crippen molar-refractivity contribution in [3.63, 3.8) is 0 Å². The van der Waals surface area contributed by atoms with E-state index in [4.69, 9.17) is 0 Å². The molecule has 31 heavy (non-hydrogen) atoms. The zero-order valence-corrected chi connectivity index (χ0v) is 17.1. The van der Waals surface area contributed by atoms with Gasteiger partial charge in [-0.15, -0.1) is 0 Å². The van der Waals surface area contributed by atoms with Crippen molar-refractivity contribution in [3.8, 4) is 5.69 Å². The van der Waals surface area contributed by atoms with Crippen molar-refractivity contribution in [2.24, 2.45) is 0 Å². The first-order valence-electron chi connectivity index (χ1n) is 10.1. The summed E-state index contributed by atoms with van der Waals surface area (Å²) in [6.07, 6.45) is 1.70. The molecular weight excluding hydrogens is 393 g/mol. The summed E-state index contributed by atoms with van der Waals surface area (Å²) in [5.41, 5.74) is 2.01. The molecule has 0 radical (unpaired) electrons. The molecule has 0 fully saturated rings. The Hall–Kier alpha value is -3.80. The number of aryl methyl sites for hydroxylation is 2. The Morgan fingerprint density at radius 1 is 1.03 bits per heavy atom. The minimum Gasteiger partial charge on any atom is -0.324 e. The molecule has 0 aliphatic rings. The number of para-hydroxylation sites is 1. The number of nitrogens with zero attached hydrogens (tertiary/aromatic N) is 2. The highest BCUT2D eigenvalue weighted by Crippen LogP contribution is 2.20. The molecule has 4 rings (SSSR count). The molecule has 0 atom stereocenters. The summed E-state index contributed by atoms with van der Waals surface area (Å²) in [7, 11) is 0. The van der Waals surface area contributed by atoms with Crippen molar-refractivity contribution in [3.05, 3.63) is 100 Å². The smallest absolute Gasteiger partial charge is 0.265 e. The third-order valence-electron chi connectivity index (χ3n) is 5.14. The van der Waals surface area contributed by atoms with Gasteiger partial charge in [-0.1, -0.05) is 42.5 Å². The van der Waals surface area contributed by atoms with E-state index in [1.807, 2.05) is 36.4 Å². The lowest BCUT2D eigenvalue weighted by Gasteiger charge is -2.13. The molecule has 0 aliphatic carbocycles. The average Bonchev–Trinajstić information content (AvgIpc) is 2.76. The number of fused-ring (bicyclic) bond motifs is 1. The van der Waals surface area contributed by atoms with Crippen LogP contribution in [-0.2, 0) is 11.2 Å². The Balaban J connectivity index is 1.54. The Morgan fingerprint density at radius 3 is 2.58 bits per heavy atom. The van der Waals surface area contributed by atoms with E-state index in [0.29, 0.717) is 28.8 Å². The normalized spacial score (nSPS) is 10.9. The third kappa shape index (κ3) is 4.53. The zero-order chi connectivity index (χ0) is 21.8. The number of carbonyl (C=O) groups excluding carboxylic acids is 1. The minimum atomic E-state index is -0.556. The van der Waals surface area contributed by atoms with Gasteiger partial charge in [-0.3, -0.25) is 14.2 Å². The van der Waals surface area contributed by atoms with Crippen LogP contribution >= 0.6 is 0 Å². The summed E-state index contributed by atoms with van der Waals surface area (Å²) in [6, 6.07) is 21.2. The maximum atomic E-state index is 14.4. The van der Waals surface area contributed by atoms with Gasteiger partial charge in [-0.05, 0) is 55.7 Å². The zero-order valence-electron chi connectivity index (χ0n) is 17.1. The molecule has 0 spiro atoms. The highest BCUT2D eigenvalue weighted by atomic mass is 19.1. The molecule has 0 aliphatic heterocycles. The van der Waals surface area contributed by atoms with Crippen LogP contribution in [0.3, 0.4) is 0 Å². The predicted molar refractivity (Wildman–Crippen MR) is 120 cm³/mol. The van der Waals surface area contributed by atoms with Crippen molar-refractivity contribution in [2.45, 2.75) is 26.2 Å². The number of rotatable bonds is 6. The lowest BCUT2D eigenvalue weighted by Crippen LogP contribution is -2.22. The Labute approximate surface area is 179 Å². The topological polar surface area (TPSA) is 64.0 Å². The van der Waals surface area contributed by atoms with E-state index < -0.39 is 5.82 Å². The van der Waals surface area contributed by atoms with Gasteiger partial charge in [0.1, 0.15) is 11.6 Å². The van der Waals surface area contributed by atoms with E-state index in [1.54, 1.807) is 25.1 Å². The van der Waals surface area contributed by atoms with E-state index in [0.717, 1.165) is 12.0 Å². The molecule has 1 N–H and O–H groups in total. The van der Waals surface area contributed by atoms with Crippen LogP contribution in [0.25, 0.3) is 16.6 Å². The van der Waals surface area contributed by atoms with Crippen LogP contribution in [0, 0.1) is 12.7 Å². The van der Waals surface area contributed by atoms with Crippen LogP contribution in [-0.4, -0.2) is 15.5 Å². The molecule has 1 aromatic heterocycles. The number of carbonyl (C=O) groups is 1. The van der Waals surface area contributed by atoms with Crippen molar-refractivity contribution in [2.75, 3.05) is 5.32 Å². The summed E-state index contributed by atoms with van der Waals surface area (Å²) in [5, 5.41) is 3.11. The van der Waals surface area contributed by atoms with Crippen LogP contribution in [0.1, 0.15) is 24.2 Å². The number of hydrogen-bond acceptors (Lipinski definition) is 3. The van der Waals surface area contributed by atoms with Crippen LogP contribution in [0.4, 0.5) is 10.1 Å². The van der Waals surface area contributed by atoms with Gasteiger partial charge >= 0.3 is 0 Å². The van der Waals surface area contributed by atoms with Crippen LogP contribution < -0.4 is 10.9 Å². The summed E-state index contributed by atoms with van der Waals surface area (Å²) in [4.78, 5) is 29.8. The Bertz CT molecular complexity index is 1300. The van der Waals surface area contributed by atoms with Gasteiger partial charge in [-0.25, -0.2) is 9.37 Å². The average molecular weight is 415 g/mol. The molecule has 1 heterocycles. The van der Waals surface area contributed by atoms with E-state index in [2.05, 4.69) is 10.3 Å². The number of nitrogens with one attached hydrogen (secondary N) is 1. The summed E-state index contributed by atoms with van der Waals surface area (Å²) >= 11 is 0. The SMILES string of the molecule is Cc1nc2ccccc2c(=O)n1-c1ccc(F)c(NC(=O)CCCc2ccccc2)c1. The van der Waals surface area contributed by atoms with Crippen molar-refractivity contribution >= 4 is 22.5 Å². The van der Waals surface area contributed by atoms with E-state index in [-0.39, 0.29) is 23.6 Å². The number of amides is 1.